The Balaban J connectivity index is 2.87. The van der Waals surface area contributed by atoms with Crippen LogP contribution < -0.4 is 5.73 Å². The maximum Gasteiger partial charge on any atom is 0.139 e. The molecule has 16 heavy (non-hydrogen) atoms. The van der Waals surface area contributed by atoms with Crippen molar-refractivity contribution >= 4 is 32.5 Å². The maximum absolute atomic E-state index is 13.4. The van der Waals surface area contributed by atoms with Crippen molar-refractivity contribution < 1.29 is 4.39 Å². The number of rotatable bonds is 1. The van der Waals surface area contributed by atoms with E-state index in [1.165, 1.54) is 6.07 Å². The van der Waals surface area contributed by atoms with Crippen LogP contribution in [0.3, 0.4) is 0 Å². The van der Waals surface area contributed by atoms with Gasteiger partial charge in [0.2, 0.25) is 0 Å². The largest absolute Gasteiger partial charge is 0.398 e. The fourth-order valence-corrected chi connectivity index (χ4v) is 2.12. The molecule has 0 atom stereocenters. The Morgan fingerprint density at radius 1 is 1.44 bits per heavy atom. The highest BCUT2D eigenvalue weighted by Crippen LogP contribution is 2.29. The summed E-state index contributed by atoms with van der Waals surface area (Å²) in [5, 5.41) is 0.794. The molecule has 84 valence electrons. The first-order valence-corrected chi connectivity index (χ1v) is 5.87. The van der Waals surface area contributed by atoms with E-state index in [1.54, 1.807) is 6.07 Å². The Labute approximate surface area is 102 Å². The molecule has 0 fully saturated rings. The van der Waals surface area contributed by atoms with E-state index in [9.17, 15) is 4.39 Å². The van der Waals surface area contributed by atoms with Crippen molar-refractivity contribution in [2.75, 3.05) is 5.73 Å². The molecule has 2 N–H and O–H groups in total. The molecule has 0 aliphatic heterocycles. The van der Waals surface area contributed by atoms with Gasteiger partial charge < -0.3 is 5.73 Å². The molecule has 0 amide bonds. The smallest absolute Gasteiger partial charge is 0.139 e. The topological polar surface area (TPSA) is 38.9 Å². The van der Waals surface area contributed by atoms with Crippen LogP contribution >= 0.6 is 15.9 Å². The molecule has 0 aliphatic carbocycles. The van der Waals surface area contributed by atoms with Gasteiger partial charge in [0.25, 0.3) is 0 Å². The van der Waals surface area contributed by atoms with Crippen LogP contribution in [0.25, 0.3) is 10.9 Å². The number of benzene rings is 1. The molecule has 0 bridgehead atoms. The lowest BCUT2D eigenvalue weighted by Crippen LogP contribution is -2.00. The Kier molecular flexibility index (Phi) is 2.84. The molecule has 2 rings (SSSR count). The van der Waals surface area contributed by atoms with Gasteiger partial charge in [-0.15, -0.1) is 0 Å². The Morgan fingerprint density at radius 2 is 2.12 bits per heavy atom. The second kappa shape index (κ2) is 4.01. The lowest BCUT2D eigenvalue weighted by atomic mass is 10.1. The van der Waals surface area contributed by atoms with Gasteiger partial charge in [0.05, 0.1) is 9.99 Å². The molecule has 0 aliphatic rings. The monoisotopic (exact) mass is 282 g/mol. The number of halogens is 2. The van der Waals surface area contributed by atoms with Crippen LogP contribution in [0.15, 0.2) is 16.6 Å². The second-order valence-corrected chi connectivity index (χ2v) is 4.59. The predicted octanol–water partition coefficient (Wildman–Crippen LogP) is 3.59. The van der Waals surface area contributed by atoms with Gasteiger partial charge in [-0.05, 0) is 40.9 Å². The van der Waals surface area contributed by atoms with Gasteiger partial charge in [0.1, 0.15) is 5.82 Å². The Morgan fingerprint density at radius 3 is 2.75 bits per heavy atom. The van der Waals surface area contributed by atoms with Crippen LogP contribution in [-0.2, 0) is 6.42 Å². The first-order valence-electron chi connectivity index (χ1n) is 5.08. The standard InChI is InChI=1S/C12H12BrFN2/c1-3-10-6(2)12(15)7-4-8(13)9(14)5-11(7)16-10/h4-5H,3H2,1-2H3,(H2,15,16). The number of hydrogen-bond donors (Lipinski definition) is 1. The molecule has 0 unspecified atom stereocenters. The number of nitrogens with zero attached hydrogens (tertiary/aromatic N) is 1. The molecule has 0 saturated carbocycles. The van der Waals surface area contributed by atoms with E-state index in [-0.39, 0.29) is 5.82 Å². The quantitative estimate of drug-likeness (QED) is 0.868. The van der Waals surface area contributed by atoms with E-state index in [4.69, 9.17) is 5.73 Å². The number of aryl methyl sites for hydroxylation is 1. The van der Waals surface area contributed by atoms with Gasteiger partial charge in [-0.2, -0.15) is 0 Å². The number of nitrogens with two attached hydrogens (primary N) is 1. The van der Waals surface area contributed by atoms with Crippen LogP contribution in [0.5, 0.6) is 0 Å². The number of hydrogen-bond acceptors (Lipinski definition) is 2. The van der Waals surface area contributed by atoms with E-state index in [0.717, 1.165) is 23.1 Å². The maximum atomic E-state index is 13.4. The highest BCUT2D eigenvalue weighted by Gasteiger charge is 2.10. The fraction of sp³-hybridized carbons (Fsp3) is 0.250. The van der Waals surface area contributed by atoms with Gasteiger partial charge in [0, 0.05) is 22.8 Å². The van der Waals surface area contributed by atoms with Crippen LogP contribution in [0.2, 0.25) is 0 Å². The lowest BCUT2D eigenvalue weighted by Gasteiger charge is -2.10. The molecule has 4 heteroatoms. The lowest BCUT2D eigenvalue weighted by molar-refractivity contribution is 0.622. The normalized spacial score (nSPS) is 11.0. The van der Waals surface area contributed by atoms with Gasteiger partial charge in [-0.1, -0.05) is 6.92 Å². The molecular formula is C12H12BrFN2. The van der Waals surface area contributed by atoms with Crippen LogP contribution in [0.4, 0.5) is 10.1 Å². The number of pyridine rings is 1. The molecule has 0 saturated heterocycles. The number of nitrogen functional groups attached to an aromatic ring is 1. The summed E-state index contributed by atoms with van der Waals surface area (Å²) < 4.78 is 13.8. The first-order chi connectivity index (χ1) is 7.54. The molecule has 0 spiro atoms. The third kappa shape index (κ3) is 1.67. The second-order valence-electron chi connectivity index (χ2n) is 3.73. The molecule has 2 aromatic rings. The summed E-state index contributed by atoms with van der Waals surface area (Å²) in [5.41, 5.74) is 9.23. The average molecular weight is 283 g/mol. The Bertz CT molecular complexity index is 567. The van der Waals surface area contributed by atoms with Crippen molar-refractivity contribution in [3.63, 3.8) is 0 Å². The zero-order valence-electron chi connectivity index (χ0n) is 9.14. The number of fused-ring (bicyclic) bond motifs is 1. The van der Waals surface area contributed by atoms with Crippen molar-refractivity contribution in [3.05, 3.63) is 33.7 Å². The molecule has 1 heterocycles. The minimum Gasteiger partial charge on any atom is -0.398 e. The average Bonchev–Trinajstić information content (AvgIpc) is 2.26. The summed E-state index contributed by atoms with van der Waals surface area (Å²) in [5.74, 6) is -0.315. The third-order valence-corrected chi connectivity index (χ3v) is 3.36. The van der Waals surface area contributed by atoms with Gasteiger partial charge in [-0.3, -0.25) is 4.98 Å². The van der Waals surface area contributed by atoms with Crippen LogP contribution in [-0.4, -0.2) is 4.98 Å². The van der Waals surface area contributed by atoms with Crippen molar-refractivity contribution in [3.8, 4) is 0 Å². The van der Waals surface area contributed by atoms with Gasteiger partial charge >= 0.3 is 0 Å². The summed E-state index contributed by atoms with van der Waals surface area (Å²) in [6.07, 6.45) is 0.795. The fourth-order valence-electron chi connectivity index (χ4n) is 1.78. The molecule has 0 radical (unpaired) electrons. The Hall–Kier alpha value is -1.16. The predicted molar refractivity (Wildman–Crippen MR) is 67.9 cm³/mol. The van der Waals surface area contributed by atoms with Gasteiger partial charge in [-0.25, -0.2) is 4.39 Å². The SMILES string of the molecule is CCc1nc2cc(F)c(Br)cc2c(N)c1C. The van der Waals surface area contributed by atoms with Crippen molar-refractivity contribution in [1.29, 1.82) is 0 Å². The van der Waals surface area contributed by atoms with Crippen molar-refractivity contribution in [2.24, 2.45) is 0 Å². The minimum atomic E-state index is -0.315. The van der Waals surface area contributed by atoms with E-state index in [2.05, 4.69) is 20.9 Å². The van der Waals surface area contributed by atoms with Crippen LogP contribution in [0, 0.1) is 12.7 Å². The number of anilines is 1. The van der Waals surface area contributed by atoms with E-state index in [1.807, 2.05) is 13.8 Å². The van der Waals surface area contributed by atoms with Crippen LogP contribution in [0.1, 0.15) is 18.2 Å². The first kappa shape index (κ1) is 11.3. The van der Waals surface area contributed by atoms with E-state index in [0.29, 0.717) is 15.7 Å². The van der Waals surface area contributed by atoms with Crippen molar-refractivity contribution in [2.45, 2.75) is 20.3 Å². The summed E-state index contributed by atoms with van der Waals surface area (Å²) in [4.78, 5) is 4.42. The van der Waals surface area contributed by atoms with E-state index < -0.39 is 0 Å². The third-order valence-electron chi connectivity index (χ3n) is 2.76. The summed E-state index contributed by atoms with van der Waals surface area (Å²) in [6.45, 7) is 3.95. The minimum absolute atomic E-state index is 0.315. The van der Waals surface area contributed by atoms with Gasteiger partial charge in [0.15, 0.2) is 0 Å². The molecule has 1 aromatic heterocycles. The zero-order chi connectivity index (χ0) is 11.9. The molecular weight excluding hydrogens is 271 g/mol. The summed E-state index contributed by atoms with van der Waals surface area (Å²) in [7, 11) is 0. The van der Waals surface area contributed by atoms with Crippen molar-refractivity contribution in [1.82, 2.24) is 4.98 Å². The highest BCUT2D eigenvalue weighted by atomic mass is 79.9. The zero-order valence-corrected chi connectivity index (χ0v) is 10.7. The van der Waals surface area contributed by atoms with E-state index >= 15 is 0 Å². The highest BCUT2D eigenvalue weighted by molar-refractivity contribution is 9.10. The summed E-state index contributed by atoms with van der Waals surface area (Å²) >= 11 is 3.15. The summed E-state index contributed by atoms with van der Waals surface area (Å²) in [6, 6.07) is 3.09. The molecule has 1 aromatic carbocycles. The molecule has 2 nitrogen and oxygen atoms in total. The number of aromatic nitrogens is 1.